The summed E-state index contributed by atoms with van der Waals surface area (Å²) in [6.45, 7) is 12.4. The van der Waals surface area contributed by atoms with Gasteiger partial charge in [-0.2, -0.15) is 0 Å². The molecule has 1 amide bonds. The molecule has 0 saturated carbocycles. The average molecular weight is 293 g/mol. The first kappa shape index (κ1) is 17.5. The summed E-state index contributed by atoms with van der Waals surface area (Å²) < 4.78 is 11.0. The second kappa shape index (κ2) is 6.94. The SMILES string of the molecule is Cc1ccccc1COCC(C)(C)NC(=O)OC(C)(C)C. The number of rotatable bonds is 5. The van der Waals surface area contributed by atoms with Crippen LogP contribution >= 0.6 is 0 Å². The normalized spacial score (nSPS) is 12.1. The Balaban J connectivity index is 2.43. The summed E-state index contributed by atoms with van der Waals surface area (Å²) in [5.41, 5.74) is 1.38. The van der Waals surface area contributed by atoms with Gasteiger partial charge in [0.15, 0.2) is 0 Å². The second-order valence-corrected chi connectivity index (χ2v) is 6.93. The zero-order valence-corrected chi connectivity index (χ0v) is 13.9. The van der Waals surface area contributed by atoms with Crippen LogP contribution in [0.5, 0.6) is 0 Å². The molecule has 0 heterocycles. The van der Waals surface area contributed by atoms with Gasteiger partial charge in [-0.25, -0.2) is 4.79 Å². The number of carbonyl (C=O) groups excluding carboxylic acids is 1. The van der Waals surface area contributed by atoms with Gasteiger partial charge in [-0.1, -0.05) is 24.3 Å². The molecule has 0 aliphatic rings. The predicted molar refractivity (Wildman–Crippen MR) is 84.3 cm³/mol. The van der Waals surface area contributed by atoms with E-state index in [4.69, 9.17) is 9.47 Å². The fourth-order valence-corrected chi connectivity index (χ4v) is 1.80. The van der Waals surface area contributed by atoms with Crippen molar-refractivity contribution < 1.29 is 14.3 Å². The Hall–Kier alpha value is -1.55. The average Bonchev–Trinajstić information content (AvgIpc) is 2.27. The van der Waals surface area contributed by atoms with E-state index >= 15 is 0 Å². The van der Waals surface area contributed by atoms with Crippen LogP contribution < -0.4 is 5.32 Å². The molecule has 0 aliphatic carbocycles. The smallest absolute Gasteiger partial charge is 0.408 e. The van der Waals surface area contributed by atoms with Gasteiger partial charge in [-0.05, 0) is 52.7 Å². The molecule has 21 heavy (non-hydrogen) atoms. The van der Waals surface area contributed by atoms with Crippen molar-refractivity contribution in [1.82, 2.24) is 5.32 Å². The van der Waals surface area contributed by atoms with Gasteiger partial charge in [0.25, 0.3) is 0 Å². The lowest BCUT2D eigenvalue weighted by atomic mass is 10.1. The van der Waals surface area contributed by atoms with Crippen molar-refractivity contribution in [2.24, 2.45) is 0 Å². The lowest BCUT2D eigenvalue weighted by Gasteiger charge is -2.28. The molecule has 0 spiro atoms. The van der Waals surface area contributed by atoms with Crippen LogP contribution in [0.15, 0.2) is 24.3 Å². The predicted octanol–water partition coefficient (Wildman–Crippen LogP) is 3.81. The molecule has 4 nitrogen and oxygen atoms in total. The maximum absolute atomic E-state index is 11.8. The highest BCUT2D eigenvalue weighted by Gasteiger charge is 2.24. The molecule has 0 radical (unpaired) electrons. The number of benzene rings is 1. The van der Waals surface area contributed by atoms with Crippen molar-refractivity contribution in [3.05, 3.63) is 35.4 Å². The number of ether oxygens (including phenoxy) is 2. The monoisotopic (exact) mass is 293 g/mol. The molecule has 0 atom stereocenters. The van der Waals surface area contributed by atoms with Gasteiger partial charge in [0.1, 0.15) is 5.60 Å². The number of hydrogen-bond donors (Lipinski definition) is 1. The third kappa shape index (κ3) is 7.14. The molecule has 4 heteroatoms. The van der Waals surface area contributed by atoms with Crippen LogP contribution in [0.4, 0.5) is 4.79 Å². The van der Waals surface area contributed by atoms with Crippen molar-refractivity contribution in [3.63, 3.8) is 0 Å². The van der Waals surface area contributed by atoms with Gasteiger partial charge in [-0.15, -0.1) is 0 Å². The lowest BCUT2D eigenvalue weighted by Crippen LogP contribution is -2.48. The first-order valence-electron chi connectivity index (χ1n) is 7.22. The van der Waals surface area contributed by atoms with Gasteiger partial charge >= 0.3 is 6.09 Å². The number of nitrogens with one attached hydrogen (secondary N) is 1. The Bertz CT molecular complexity index is 475. The van der Waals surface area contributed by atoms with Crippen LogP contribution in [0.3, 0.4) is 0 Å². The molecule has 1 rings (SSSR count). The second-order valence-electron chi connectivity index (χ2n) is 6.93. The molecule has 1 N–H and O–H groups in total. The summed E-state index contributed by atoms with van der Waals surface area (Å²) in [5, 5.41) is 2.83. The third-order valence-electron chi connectivity index (χ3n) is 2.82. The fourth-order valence-electron chi connectivity index (χ4n) is 1.80. The minimum absolute atomic E-state index is 0.417. The summed E-state index contributed by atoms with van der Waals surface area (Å²) in [6, 6.07) is 8.11. The van der Waals surface area contributed by atoms with Gasteiger partial charge in [0.05, 0.1) is 18.8 Å². The van der Waals surface area contributed by atoms with E-state index in [1.54, 1.807) is 0 Å². The van der Waals surface area contributed by atoms with Gasteiger partial charge in [0, 0.05) is 0 Å². The van der Waals surface area contributed by atoms with Crippen LogP contribution in [-0.4, -0.2) is 23.8 Å². The number of alkyl carbamates (subject to hydrolysis) is 1. The molecule has 0 aromatic heterocycles. The highest BCUT2D eigenvalue weighted by Crippen LogP contribution is 2.12. The maximum atomic E-state index is 11.8. The Morgan fingerprint density at radius 2 is 1.76 bits per heavy atom. The molecule has 1 aromatic rings. The van der Waals surface area contributed by atoms with Gasteiger partial charge in [-0.3, -0.25) is 0 Å². The molecule has 0 aliphatic heterocycles. The zero-order chi connectivity index (χ0) is 16.1. The van der Waals surface area contributed by atoms with Crippen molar-refractivity contribution in [2.75, 3.05) is 6.61 Å². The van der Waals surface area contributed by atoms with Crippen LogP contribution in [0.1, 0.15) is 45.7 Å². The highest BCUT2D eigenvalue weighted by atomic mass is 16.6. The molecular weight excluding hydrogens is 266 g/mol. The van der Waals surface area contributed by atoms with E-state index < -0.39 is 17.2 Å². The summed E-state index contributed by atoms with van der Waals surface area (Å²) in [6.07, 6.45) is -0.424. The van der Waals surface area contributed by atoms with Crippen molar-refractivity contribution in [3.8, 4) is 0 Å². The highest BCUT2D eigenvalue weighted by molar-refractivity contribution is 5.68. The topological polar surface area (TPSA) is 47.6 Å². The van der Waals surface area contributed by atoms with Crippen molar-refractivity contribution >= 4 is 6.09 Å². The molecular formula is C17H27NO3. The molecule has 118 valence electrons. The van der Waals surface area contributed by atoms with Gasteiger partial charge < -0.3 is 14.8 Å². The quantitative estimate of drug-likeness (QED) is 0.898. The van der Waals surface area contributed by atoms with E-state index in [9.17, 15) is 4.79 Å². The summed E-state index contributed by atoms with van der Waals surface area (Å²) in [5.74, 6) is 0. The zero-order valence-electron chi connectivity index (χ0n) is 13.9. The standard InChI is InChI=1S/C17H27NO3/c1-13-9-7-8-10-14(13)11-20-12-17(5,6)18-15(19)21-16(2,3)4/h7-10H,11-12H2,1-6H3,(H,18,19). The van der Waals surface area contributed by atoms with E-state index in [1.807, 2.05) is 52.8 Å². The van der Waals surface area contributed by atoms with Crippen LogP contribution in [0.2, 0.25) is 0 Å². The van der Waals surface area contributed by atoms with Crippen molar-refractivity contribution in [1.29, 1.82) is 0 Å². The van der Waals surface area contributed by atoms with E-state index in [0.717, 1.165) is 5.56 Å². The first-order valence-corrected chi connectivity index (χ1v) is 7.22. The fraction of sp³-hybridized carbons (Fsp3) is 0.588. The van der Waals surface area contributed by atoms with E-state index in [0.29, 0.717) is 13.2 Å². The van der Waals surface area contributed by atoms with Crippen LogP contribution in [0, 0.1) is 6.92 Å². The molecule has 1 aromatic carbocycles. The molecule has 0 saturated heterocycles. The number of carbonyl (C=O) groups is 1. The lowest BCUT2D eigenvalue weighted by molar-refractivity contribution is 0.0320. The minimum Gasteiger partial charge on any atom is -0.444 e. The van der Waals surface area contributed by atoms with E-state index in [1.165, 1.54) is 5.56 Å². The summed E-state index contributed by atoms with van der Waals surface area (Å²) in [7, 11) is 0. The number of aryl methyl sites for hydroxylation is 1. The largest absolute Gasteiger partial charge is 0.444 e. The van der Waals surface area contributed by atoms with E-state index in [-0.39, 0.29) is 0 Å². The Kier molecular flexibility index (Phi) is 5.78. The van der Waals surface area contributed by atoms with Crippen molar-refractivity contribution in [2.45, 2.75) is 59.3 Å². The van der Waals surface area contributed by atoms with Crippen LogP contribution in [-0.2, 0) is 16.1 Å². The number of hydrogen-bond acceptors (Lipinski definition) is 3. The minimum atomic E-state index is -0.498. The van der Waals surface area contributed by atoms with Gasteiger partial charge in [0.2, 0.25) is 0 Å². The van der Waals surface area contributed by atoms with Crippen LogP contribution in [0.25, 0.3) is 0 Å². The summed E-state index contributed by atoms with van der Waals surface area (Å²) >= 11 is 0. The Morgan fingerprint density at radius 3 is 2.33 bits per heavy atom. The molecule has 0 bridgehead atoms. The molecule has 0 unspecified atom stereocenters. The number of amides is 1. The molecule has 0 fully saturated rings. The van der Waals surface area contributed by atoms with E-state index in [2.05, 4.69) is 18.3 Å². The maximum Gasteiger partial charge on any atom is 0.408 e. The Labute approximate surface area is 127 Å². The first-order chi connectivity index (χ1) is 9.59. The Morgan fingerprint density at radius 1 is 1.14 bits per heavy atom. The summed E-state index contributed by atoms with van der Waals surface area (Å²) in [4.78, 5) is 11.8. The third-order valence-corrected chi connectivity index (χ3v) is 2.82.